The van der Waals surface area contributed by atoms with Crippen LogP contribution in [0.4, 0.5) is 0 Å². The van der Waals surface area contributed by atoms with E-state index >= 15 is 0 Å². The van der Waals surface area contributed by atoms with Crippen molar-refractivity contribution >= 4 is 5.97 Å². The van der Waals surface area contributed by atoms with E-state index in [1.54, 1.807) is 0 Å². The molecule has 0 saturated heterocycles. The maximum Gasteiger partial charge on any atom is 0.362 e. The van der Waals surface area contributed by atoms with E-state index in [4.69, 9.17) is 0 Å². The van der Waals surface area contributed by atoms with E-state index < -0.39 is 5.97 Å². The number of hydrogen-bond acceptors (Lipinski definition) is 1. The van der Waals surface area contributed by atoms with Gasteiger partial charge in [-0.15, -0.1) is 0 Å². The summed E-state index contributed by atoms with van der Waals surface area (Å²) >= 11 is 0. The minimum absolute atomic E-state index is 0.384. The molecule has 0 saturated carbocycles. The summed E-state index contributed by atoms with van der Waals surface area (Å²) in [4.78, 5) is 10.8. The van der Waals surface area contributed by atoms with Crippen LogP contribution in [0.5, 0.6) is 0 Å². The molecule has 1 radical (unpaired) electrons. The number of aryl methyl sites for hydroxylation is 1. The van der Waals surface area contributed by atoms with Gasteiger partial charge in [-0.1, -0.05) is 24.3 Å². The van der Waals surface area contributed by atoms with Crippen LogP contribution >= 0.6 is 0 Å². The largest absolute Gasteiger partial charge is 0.362 e. The third kappa shape index (κ3) is 1.44. The summed E-state index contributed by atoms with van der Waals surface area (Å²) in [6.45, 7) is 0. The Kier molecular flexibility index (Phi) is 2.05. The molecule has 2 heteroatoms. The van der Waals surface area contributed by atoms with Crippen LogP contribution < -0.4 is 0 Å². The molecule has 1 aliphatic carbocycles. The second kappa shape index (κ2) is 3.21. The molecule has 0 heterocycles. The second-order valence-corrected chi connectivity index (χ2v) is 3.46. The van der Waals surface area contributed by atoms with E-state index in [0.717, 1.165) is 24.8 Å². The van der Waals surface area contributed by atoms with Crippen molar-refractivity contribution < 1.29 is 9.90 Å². The lowest BCUT2D eigenvalue weighted by atomic mass is 9.83. The average Bonchev–Trinajstić information content (AvgIpc) is 2.17. The average molecular weight is 175 g/mol. The van der Waals surface area contributed by atoms with Gasteiger partial charge in [0.2, 0.25) is 0 Å². The Labute approximate surface area is 77.2 Å². The molecule has 13 heavy (non-hydrogen) atoms. The van der Waals surface area contributed by atoms with Crippen LogP contribution in [0, 0.1) is 0 Å². The van der Waals surface area contributed by atoms with Crippen LogP contribution in [0.25, 0.3) is 0 Å². The summed E-state index contributed by atoms with van der Waals surface area (Å²) in [5.74, 6) is -1.32. The second-order valence-electron chi connectivity index (χ2n) is 3.46. The fraction of sp³-hybridized carbons (Fsp3) is 0.364. The first-order valence-electron chi connectivity index (χ1n) is 4.57. The zero-order valence-corrected chi connectivity index (χ0v) is 7.32. The van der Waals surface area contributed by atoms with Crippen LogP contribution in [0.1, 0.15) is 29.9 Å². The summed E-state index contributed by atoms with van der Waals surface area (Å²) < 4.78 is 0. The molecule has 0 bridgehead atoms. The van der Waals surface area contributed by atoms with Crippen molar-refractivity contribution in [2.75, 3.05) is 0 Å². The summed E-state index contributed by atoms with van der Waals surface area (Å²) in [5.41, 5.74) is 2.12. The number of benzene rings is 1. The molecule has 0 N–H and O–H groups in total. The zero-order chi connectivity index (χ0) is 9.26. The van der Waals surface area contributed by atoms with Gasteiger partial charge < -0.3 is 0 Å². The van der Waals surface area contributed by atoms with E-state index in [1.807, 2.05) is 24.3 Å². The van der Waals surface area contributed by atoms with Gasteiger partial charge in [0.15, 0.2) is 0 Å². The highest BCUT2D eigenvalue weighted by atomic mass is 16.4. The highest BCUT2D eigenvalue weighted by Crippen LogP contribution is 2.31. The molecule has 1 unspecified atom stereocenters. The summed E-state index contributed by atoms with van der Waals surface area (Å²) in [6.07, 6.45) is 2.68. The highest BCUT2D eigenvalue weighted by molar-refractivity contribution is 5.76. The number of rotatable bonds is 1. The zero-order valence-electron chi connectivity index (χ0n) is 7.32. The molecule has 0 aliphatic heterocycles. The Hall–Kier alpha value is -1.31. The van der Waals surface area contributed by atoms with Crippen molar-refractivity contribution in [3.05, 3.63) is 35.4 Å². The normalized spacial score (nSPS) is 20.8. The van der Waals surface area contributed by atoms with E-state index in [2.05, 4.69) is 0 Å². The Morgan fingerprint density at radius 1 is 1.31 bits per heavy atom. The smallest absolute Gasteiger partial charge is 0.247 e. The lowest BCUT2D eigenvalue weighted by Gasteiger charge is -2.20. The number of carbonyl (C=O) groups is 1. The molecule has 67 valence electrons. The summed E-state index contributed by atoms with van der Waals surface area (Å²) in [7, 11) is 0. The Bertz CT molecular complexity index is 331. The van der Waals surface area contributed by atoms with Crippen molar-refractivity contribution in [2.24, 2.45) is 0 Å². The molecule has 0 spiro atoms. The number of hydrogen-bond donors (Lipinski definition) is 0. The molecular weight excluding hydrogens is 164 g/mol. The van der Waals surface area contributed by atoms with Crippen molar-refractivity contribution in [2.45, 2.75) is 25.2 Å². The van der Waals surface area contributed by atoms with Crippen molar-refractivity contribution in [1.29, 1.82) is 0 Å². The Morgan fingerprint density at radius 2 is 2.08 bits per heavy atom. The van der Waals surface area contributed by atoms with Gasteiger partial charge in [-0.25, -0.2) is 9.90 Å². The van der Waals surface area contributed by atoms with Gasteiger partial charge in [0.05, 0.1) is 5.92 Å². The van der Waals surface area contributed by atoms with Gasteiger partial charge in [-0.3, -0.25) is 0 Å². The minimum atomic E-state index is -0.938. The number of fused-ring (bicyclic) bond motifs is 1. The standard InChI is InChI=1S/C11H11O2/c12-11(13)10-7-3-5-8-4-1-2-6-9(8)10/h1-2,4,6,10H,3,5,7H2. The third-order valence-corrected chi connectivity index (χ3v) is 2.65. The molecule has 1 aromatic carbocycles. The van der Waals surface area contributed by atoms with Crippen molar-refractivity contribution in [3.8, 4) is 0 Å². The molecule has 2 rings (SSSR count). The molecule has 1 atom stereocenters. The fourth-order valence-electron chi connectivity index (χ4n) is 2.00. The molecule has 1 aromatic rings. The maximum atomic E-state index is 10.8. The van der Waals surface area contributed by atoms with E-state index in [-0.39, 0.29) is 5.92 Å². The SMILES string of the molecule is [O]C(=O)C1CCCc2ccccc21. The quantitative estimate of drug-likeness (QED) is 0.643. The topological polar surface area (TPSA) is 37.0 Å². The lowest BCUT2D eigenvalue weighted by molar-refractivity contribution is -0.145. The van der Waals surface area contributed by atoms with Crippen LogP contribution in [0.15, 0.2) is 24.3 Å². The fourth-order valence-corrected chi connectivity index (χ4v) is 2.00. The van der Waals surface area contributed by atoms with Gasteiger partial charge in [-0.2, -0.15) is 0 Å². The van der Waals surface area contributed by atoms with E-state index in [9.17, 15) is 9.90 Å². The molecule has 0 fully saturated rings. The Morgan fingerprint density at radius 3 is 2.85 bits per heavy atom. The van der Waals surface area contributed by atoms with Crippen molar-refractivity contribution in [1.82, 2.24) is 0 Å². The van der Waals surface area contributed by atoms with Crippen LogP contribution in [0.2, 0.25) is 0 Å². The van der Waals surface area contributed by atoms with E-state index in [0.29, 0.717) is 0 Å². The number of carbonyl (C=O) groups excluding carboxylic acids is 1. The summed E-state index contributed by atoms with van der Waals surface area (Å²) in [6, 6.07) is 7.75. The predicted octanol–water partition coefficient (Wildman–Crippen LogP) is 2.06. The first-order chi connectivity index (χ1) is 6.29. The first kappa shape index (κ1) is 8.30. The predicted molar refractivity (Wildman–Crippen MR) is 47.8 cm³/mol. The van der Waals surface area contributed by atoms with Crippen LogP contribution in [-0.4, -0.2) is 5.97 Å². The van der Waals surface area contributed by atoms with Crippen LogP contribution in [-0.2, 0) is 16.3 Å². The van der Waals surface area contributed by atoms with Crippen molar-refractivity contribution in [3.63, 3.8) is 0 Å². The van der Waals surface area contributed by atoms with E-state index in [1.165, 1.54) is 5.56 Å². The van der Waals surface area contributed by atoms with Gasteiger partial charge in [-0.05, 0) is 30.4 Å². The highest BCUT2D eigenvalue weighted by Gasteiger charge is 2.26. The summed E-state index contributed by atoms with van der Waals surface area (Å²) in [5, 5.41) is 10.8. The first-order valence-corrected chi connectivity index (χ1v) is 4.57. The Balaban J connectivity index is 2.42. The molecule has 0 aromatic heterocycles. The van der Waals surface area contributed by atoms with Gasteiger partial charge >= 0.3 is 5.97 Å². The maximum absolute atomic E-state index is 10.8. The lowest BCUT2D eigenvalue weighted by Crippen LogP contribution is -2.16. The van der Waals surface area contributed by atoms with Gasteiger partial charge in [0.1, 0.15) is 0 Å². The minimum Gasteiger partial charge on any atom is -0.247 e. The van der Waals surface area contributed by atoms with Gasteiger partial charge in [0, 0.05) is 0 Å². The molecule has 1 aliphatic rings. The third-order valence-electron chi connectivity index (χ3n) is 2.65. The monoisotopic (exact) mass is 175 g/mol. The van der Waals surface area contributed by atoms with Crippen LogP contribution in [0.3, 0.4) is 0 Å². The molecular formula is C11H11O2. The molecule has 0 amide bonds. The molecule has 2 nitrogen and oxygen atoms in total. The van der Waals surface area contributed by atoms with Gasteiger partial charge in [0.25, 0.3) is 0 Å².